The van der Waals surface area contributed by atoms with Crippen LogP contribution in [0.2, 0.25) is 0 Å². The highest BCUT2D eigenvalue weighted by atomic mass is 16.2. The molecule has 144 valence electrons. The van der Waals surface area contributed by atoms with E-state index in [1.165, 1.54) is 24.8 Å². The number of aryl methyl sites for hydroxylation is 2. The smallest absolute Gasteiger partial charge is 0.223 e. The Morgan fingerprint density at radius 1 is 0.963 bits per heavy atom. The number of fused-ring (bicyclic) bond motifs is 1. The Labute approximate surface area is 161 Å². The van der Waals surface area contributed by atoms with Gasteiger partial charge in [-0.25, -0.2) is 4.68 Å². The summed E-state index contributed by atoms with van der Waals surface area (Å²) in [6.45, 7) is 5.45. The van der Waals surface area contributed by atoms with Gasteiger partial charge in [0, 0.05) is 26.1 Å². The third kappa shape index (κ3) is 4.56. The molecule has 2 aromatic rings. The predicted molar refractivity (Wildman–Crippen MR) is 104 cm³/mol. The first-order valence-electron chi connectivity index (χ1n) is 10.2. The van der Waals surface area contributed by atoms with Gasteiger partial charge < -0.3 is 4.90 Å². The number of rotatable bonds is 5. The van der Waals surface area contributed by atoms with Gasteiger partial charge in [0.15, 0.2) is 0 Å². The highest BCUT2D eigenvalue weighted by Gasteiger charge is 2.24. The van der Waals surface area contributed by atoms with Crippen molar-refractivity contribution >= 4 is 5.91 Å². The standard InChI is InChI=1S/C21H29N5O/c27-21(11-10-18-8-3-1-4-9-18)25-14-7-15-26-20(17-25)19(22-23-26)16-24-12-5-2-6-13-24/h1,3-4,8-9H,2,5-7,10-17H2. The van der Waals surface area contributed by atoms with Gasteiger partial charge in [0.25, 0.3) is 0 Å². The van der Waals surface area contributed by atoms with E-state index in [4.69, 9.17) is 0 Å². The Balaban J connectivity index is 1.40. The molecule has 0 atom stereocenters. The summed E-state index contributed by atoms with van der Waals surface area (Å²) in [6, 6.07) is 10.3. The molecular formula is C21H29N5O. The lowest BCUT2D eigenvalue weighted by atomic mass is 10.1. The van der Waals surface area contributed by atoms with Crippen LogP contribution in [0.1, 0.15) is 49.1 Å². The summed E-state index contributed by atoms with van der Waals surface area (Å²) in [4.78, 5) is 17.3. The van der Waals surface area contributed by atoms with E-state index in [-0.39, 0.29) is 5.91 Å². The average Bonchev–Trinajstić information content (AvgIpc) is 2.95. The summed E-state index contributed by atoms with van der Waals surface area (Å²) in [6.07, 6.45) is 6.18. The first-order valence-corrected chi connectivity index (χ1v) is 10.2. The second-order valence-electron chi connectivity index (χ2n) is 7.70. The molecule has 1 aromatic carbocycles. The monoisotopic (exact) mass is 367 g/mol. The summed E-state index contributed by atoms with van der Waals surface area (Å²) in [7, 11) is 0. The zero-order chi connectivity index (χ0) is 18.5. The van der Waals surface area contributed by atoms with E-state index in [1.54, 1.807) is 0 Å². The number of hydrogen-bond donors (Lipinski definition) is 0. The van der Waals surface area contributed by atoms with Gasteiger partial charge in [-0.2, -0.15) is 0 Å². The molecule has 0 saturated carbocycles. The first kappa shape index (κ1) is 18.2. The molecule has 6 heteroatoms. The minimum atomic E-state index is 0.234. The van der Waals surface area contributed by atoms with Gasteiger partial charge in [-0.05, 0) is 44.3 Å². The van der Waals surface area contributed by atoms with E-state index in [2.05, 4.69) is 27.3 Å². The van der Waals surface area contributed by atoms with Crippen LogP contribution in [-0.2, 0) is 30.8 Å². The van der Waals surface area contributed by atoms with Gasteiger partial charge in [-0.15, -0.1) is 5.10 Å². The summed E-state index contributed by atoms with van der Waals surface area (Å²) in [5.41, 5.74) is 3.41. The molecule has 1 amide bonds. The van der Waals surface area contributed by atoms with Crippen LogP contribution >= 0.6 is 0 Å². The molecule has 4 rings (SSSR count). The normalized spacial score (nSPS) is 18.1. The molecule has 0 radical (unpaired) electrons. The average molecular weight is 367 g/mol. The van der Waals surface area contributed by atoms with Crippen molar-refractivity contribution < 1.29 is 4.79 Å². The van der Waals surface area contributed by atoms with Gasteiger partial charge in [-0.1, -0.05) is 42.0 Å². The summed E-state index contributed by atoms with van der Waals surface area (Å²) >= 11 is 0. The van der Waals surface area contributed by atoms with Crippen molar-refractivity contribution in [3.05, 3.63) is 47.3 Å². The van der Waals surface area contributed by atoms with E-state index in [9.17, 15) is 4.79 Å². The quantitative estimate of drug-likeness (QED) is 0.815. The minimum Gasteiger partial charge on any atom is -0.337 e. The fourth-order valence-corrected chi connectivity index (χ4v) is 4.11. The van der Waals surface area contributed by atoms with Crippen LogP contribution in [0.3, 0.4) is 0 Å². The maximum Gasteiger partial charge on any atom is 0.223 e. The van der Waals surface area contributed by atoms with Crippen LogP contribution < -0.4 is 0 Å². The third-order valence-electron chi connectivity index (χ3n) is 5.70. The summed E-state index contributed by atoms with van der Waals surface area (Å²) in [5.74, 6) is 0.234. The molecule has 0 spiro atoms. The van der Waals surface area contributed by atoms with E-state index < -0.39 is 0 Å². The summed E-state index contributed by atoms with van der Waals surface area (Å²) in [5, 5.41) is 8.83. The first-order chi connectivity index (χ1) is 13.3. The zero-order valence-corrected chi connectivity index (χ0v) is 16.0. The molecule has 1 saturated heterocycles. The maximum atomic E-state index is 12.8. The molecule has 0 aliphatic carbocycles. The van der Waals surface area contributed by atoms with Crippen LogP contribution in [0.25, 0.3) is 0 Å². The number of aromatic nitrogens is 3. The van der Waals surface area contributed by atoms with Gasteiger partial charge in [-0.3, -0.25) is 9.69 Å². The van der Waals surface area contributed by atoms with Crippen molar-refractivity contribution in [1.29, 1.82) is 0 Å². The van der Waals surface area contributed by atoms with E-state index in [1.807, 2.05) is 27.8 Å². The number of carbonyl (C=O) groups is 1. The Hall–Kier alpha value is -2.21. The lowest BCUT2D eigenvalue weighted by Crippen LogP contribution is -2.32. The largest absolute Gasteiger partial charge is 0.337 e. The van der Waals surface area contributed by atoms with E-state index in [0.29, 0.717) is 13.0 Å². The number of nitrogens with zero attached hydrogens (tertiary/aromatic N) is 5. The van der Waals surface area contributed by atoms with Crippen molar-refractivity contribution in [3.8, 4) is 0 Å². The number of carbonyl (C=O) groups excluding carboxylic acids is 1. The fourth-order valence-electron chi connectivity index (χ4n) is 4.11. The van der Waals surface area contributed by atoms with Gasteiger partial charge in [0.05, 0.1) is 12.2 Å². The van der Waals surface area contributed by atoms with Crippen molar-refractivity contribution in [2.24, 2.45) is 0 Å². The molecule has 0 N–H and O–H groups in total. The Kier molecular flexibility index (Phi) is 5.82. The van der Waals surface area contributed by atoms with Crippen LogP contribution in [0.15, 0.2) is 30.3 Å². The van der Waals surface area contributed by atoms with Crippen LogP contribution in [0.5, 0.6) is 0 Å². The minimum absolute atomic E-state index is 0.234. The van der Waals surface area contributed by atoms with Gasteiger partial charge in [0.1, 0.15) is 5.69 Å². The van der Waals surface area contributed by atoms with Gasteiger partial charge in [0.2, 0.25) is 5.91 Å². The Morgan fingerprint density at radius 2 is 1.78 bits per heavy atom. The molecule has 1 fully saturated rings. The predicted octanol–water partition coefficient (Wildman–Crippen LogP) is 2.63. The topological polar surface area (TPSA) is 54.3 Å². The molecule has 1 aromatic heterocycles. The van der Waals surface area contributed by atoms with Crippen LogP contribution in [-0.4, -0.2) is 50.3 Å². The van der Waals surface area contributed by atoms with Gasteiger partial charge >= 0.3 is 0 Å². The molecule has 0 bridgehead atoms. The Morgan fingerprint density at radius 3 is 2.59 bits per heavy atom. The third-order valence-corrected chi connectivity index (χ3v) is 5.70. The second kappa shape index (κ2) is 8.65. The zero-order valence-electron chi connectivity index (χ0n) is 16.0. The van der Waals surface area contributed by atoms with Crippen LogP contribution in [0.4, 0.5) is 0 Å². The number of hydrogen-bond acceptors (Lipinski definition) is 4. The number of piperidine rings is 1. The van der Waals surface area contributed by atoms with Crippen molar-refractivity contribution in [1.82, 2.24) is 24.8 Å². The lowest BCUT2D eigenvalue weighted by Gasteiger charge is -2.26. The van der Waals surface area contributed by atoms with Crippen molar-refractivity contribution in [3.63, 3.8) is 0 Å². The molecule has 2 aliphatic heterocycles. The number of benzene rings is 1. The maximum absolute atomic E-state index is 12.8. The molecular weight excluding hydrogens is 338 g/mol. The fraction of sp³-hybridized carbons (Fsp3) is 0.571. The van der Waals surface area contributed by atoms with E-state index >= 15 is 0 Å². The number of likely N-dealkylation sites (tertiary alicyclic amines) is 1. The highest BCUT2D eigenvalue weighted by molar-refractivity contribution is 5.76. The molecule has 0 unspecified atom stereocenters. The number of amides is 1. The molecule has 3 heterocycles. The van der Waals surface area contributed by atoms with E-state index in [0.717, 1.165) is 57.0 Å². The SMILES string of the molecule is O=C(CCc1ccccc1)N1CCCn2nnc(CN3CCCCC3)c2C1. The second-order valence-corrected chi connectivity index (χ2v) is 7.70. The highest BCUT2D eigenvalue weighted by Crippen LogP contribution is 2.19. The lowest BCUT2D eigenvalue weighted by molar-refractivity contribution is -0.131. The van der Waals surface area contributed by atoms with Crippen molar-refractivity contribution in [2.75, 3.05) is 19.6 Å². The molecule has 6 nitrogen and oxygen atoms in total. The molecule has 2 aliphatic rings. The Bertz CT molecular complexity index is 751. The van der Waals surface area contributed by atoms with Crippen molar-refractivity contribution in [2.45, 2.75) is 58.2 Å². The summed E-state index contributed by atoms with van der Waals surface area (Å²) < 4.78 is 2.02. The molecule has 27 heavy (non-hydrogen) atoms. The van der Waals surface area contributed by atoms with Crippen LogP contribution in [0, 0.1) is 0 Å².